The van der Waals surface area contributed by atoms with Gasteiger partial charge in [0.25, 0.3) is 5.56 Å². The lowest BCUT2D eigenvalue weighted by atomic mass is 10.2. The Labute approximate surface area is 211 Å². The summed E-state index contributed by atoms with van der Waals surface area (Å²) in [5.41, 5.74) is 1.22. The standard InChI is InChI=1S/C23H24N6O4S.ClH/c1-3-33-22(31)19-14(2)18-20(30)24-16(25-21(18)34-19)13-17-26-27-23(28-9-11-32-12-10-28)29(17)15-7-5-4-6-8-15;/h4-8H,3,9-13H2,1-2H3,(H,24,25,30);1H. The maximum absolute atomic E-state index is 12.9. The molecule has 1 aliphatic rings. The van der Waals surface area contributed by atoms with Crippen molar-refractivity contribution in [3.63, 3.8) is 0 Å². The second-order valence-electron chi connectivity index (χ2n) is 7.83. The molecule has 3 aromatic heterocycles. The molecule has 1 saturated heterocycles. The Bertz CT molecular complexity index is 1390. The van der Waals surface area contributed by atoms with Crippen LogP contribution >= 0.6 is 23.7 Å². The molecule has 4 aromatic rings. The number of thiophene rings is 1. The van der Waals surface area contributed by atoms with Crippen LogP contribution in [-0.2, 0) is 15.9 Å². The van der Waals surface area contributed by atoms with Crippen molar-refractivity contribution in [1.29, 1.82) is 0 Å². The molecule has 0 radical (unpaired) electrons. The number of anilines is 1. The van der Waals surface area contributed by atoms with E-state index >= 15 is 0 Å². The third kappa shape index (κ3) is 4.79. The maximum Gasteiger partial charge on any atom is 0.348 e. The van der Waals surface area contributed by atoms with Crippen molar-refractivity contribution in [2.45, 2.75) is 20.3 Å². The summed E-state index contributed by atoms with van der Waals surface area (Å²) in [7, 11) is 0. The van der Waals surface area contributed by atoms with Crippen molar-refractivity contribution < 1.29 is 14.3 Å². The molecular weight excluding hydrogens is 492 g/mol. The molecule has 0 amide bonds. The molecular formula is C23H25ClN6O4S. The zero-order chi connectivity index (χ0) is 23.7. The molecule has 35 heavy (non-hydrogen) atoms. The number of fused-ring (bicyclic) bond motifs is 1. The van der Waals surface area contributed by atoms with Crippen LogP contribution in [0.4, 0.5) is 5.95 Å². The van der Waals surface area contributed by atoms with Gasteiger partial charge in [-0.25, -0.2) is 9.78 Å². The quantitative estimate of drug-likeness (QED) is 0.389. The smallest absolute Gasteiger partial charge is 0.348 e. The number of hydrogen-bond donors (Lipinski definition) is 1. The summed E-state index contributed by atoms with van der Waals surface area (Å²) in [6, 6.07) is 9.85. The highest BCUT2D eigenvalue weighted by molar-refractivity contribution is 7.20. The molecule has 1 aromatic carbocycles. The lowest BCUT2D eigenvalue weighted by Crippen LogP contribution is -2.38. The van der Waals surface area contributed by atoms with Gasteiger partial charge in [0, 0.05) is 13.1 Å². The number of aryl methyl sites for hydroxylation is 1. The van der Waals surface area contributed by atoms with E-state index in [0.717, 1.165) is 24.7 Å². The number of rotatable bonds is 6. The lowest BCUT2D eigenvalue weighted by Gasteiger charge is -2.28. The molecule has 1 fully saturated rings. The van der Waals surface area contributed by atoms with Crippen LogP contribution in [0.1, 0.15) is 33.8 Å². The lowest BCUT2D eigenvalue weighted by molar-refractivity contribution is 0.0531. The van der Waals surface area contributed by atoms with E-state index < -0.39 is 5.97 Å². The predicted octanol–water partition coefficient (Wildman–Crippen LogP) is 2.90. The van der Waals surface area contributed by atoms with E-state index in [4.69, 9.17) is 9.47 Å². The molecule has 0 aliphatic carbocycles. The van der Waals surface area contributed by atoms with E-state index in [-0.39, 0.29) is 31.0 Å². The number of ether oxygens (including phenoxy) is 2. The van der Waals surface area contributed by atoms with E-state index in [1.54, 1.807) is 13.8 Å². The summed E-state index contributed by atoms with van der Waals surface area (Å²) in [6.07, 6.45) is 0.267. The number of carbonyl (C=O) groups is 1. The number of H-pyrrole nitrogens is 1. The van der Waals surface area contributed by atoms with Gasteiger partial charge in [0.2, 0.25) is 5.95 Å². The number of esters is 1. The first-order chi connectivity index (χ1) is 16.6. The van der Waals surface area contributed by atoms with Gasteiger partial charge < -0.3 is 19.4 Å². The van der Waals surface area contributed by atoms with Gasteiger partial charge in [0.15, 0.2) is 0 Å². The topological polar surface area (TPSA) is 115 Å². The van der Waals surface area contributed by atoms with Crippen molar-refractivity contribution in [3.8, 4) is 5.69 Å². The highest BCUT2D eigenvalue weighted by Crippen LogP contribution is 2.28. The predicted molar refractivity (Wildman–Crippen MR) is 135 cm³/mol. The van der Waals surface area contributed by atoms with Gasteiger partial charge in [-0.05, 0) is 31.5 Å². The molecule has 1 aliphatic heterocycles. The first kappa shape index (κ1) is 24.8. The molecule has 0 spiro atoms. The van der Waals surface area contributed by atoms with E-state index in [0.29, 0.717) is 45.5 Å². The van der Waals surface area contributed by atoms with Crippen LogP contribution in [0.15, 0.2) is 35.1 Å². The number of carbonyl (C=O) groups excluding carboxylic acids is 1. The van der Waals surface area contributed by atoms with Crippen LogP contribution < -0.4 is 10.5 Å². The van der Waals surface area contributed by atoms with E-state index in [1.807, 2.05) is 34.9 Å². The van der Waals surface area contributed by atoms with Crippen LogP contribution in [0.2, 0.25) is 0 Å². The fraction of sp³-hybridized carbons (Fsp3) is 0.348. The van der Waals surface area contributed by atoms with Crippen molar-refractivity contribution in [1.82, 2.24) is 24.7 Å². The number of hydrogen-bond acceptors (Lipinski definition) is 9. The highest BCUT2D eigenvalue weighted by Gasteiger charge is 2.24. The first-order valence-corrected chi connectivity index (χ1v) is 11.9. The van der Waals surface area contributed by atoms with Gasteiger partial charge in [-0.3, -0.25) is 9.36 Å². The fourth-order valence-electron chi connectivity index (χ4n) is 4.04. The second-order valence-corrected chi connectivity index (χ2v) is 8.83. The number of aromatic nitrogens is 5. The summed E-state index contributed by atoms with van der Waals surface area (Å²) in [4.78, 5) is 35.7. The molecule has 184 valence electrons. The van der Waals surface area contributed by atoms with Crippen molar-refractivity contribution in [3.05, 3.63) is 62.8 Å². The van der Waals surface area contributed by atoms with Crippen molar-refractivity contribution in [2.75, 3.05) is 37.8 Å². The molecule has 1 N–H and O–H groups in total. The number of morpholine rings is 1. The molecule has 0 saturated carbocycles. The molecule has 10 nitrogen and oxygen atoms in total. The number of halogens is 1. The molecule has 5 rings (SSSR count). The summed E-state index contributed by atoms with van der Waals surface area (Å²) in [6.45, 7) is 6.45. The molecule has 0 atom stereocenters. The number of para-hydroxylation sites is 1. The first-order valence-electron chi connectivity index (χ1n) is 11.1. The highest BCUT2D eigenvalue weighted by atomic mass is 35.5. The van der Waals surface area contributed by atoms with Gasteiger partial charge in [-0.1, -0.05) is 18.2 Å². The Kier molecular flexibility index (Phi) is 7.48. The summed E-state index contributed by atoms with van der Waals surface area (Å²) >= 11 is 1.17. The van der Waals surface area contributed by atoms with Crippen LogP contribution in [0.25, 0.3) is 15.9 Å². The van der Waals surface area contributed by atoms with Gasteiger partial charge in [-0.2, -0.15) is 0 Å². The van der Waals surface area contributed by atoms with E-state index in [1.165, 1.54) is 11.3 Å². The average Bonchev–Trinajstić information content (AvgIpc) is 3.41. The van der Waals surface area contributed by atoms with Crippen LogP contribution in [0.3, 0.4) is 0 Å². The minimum atomic E-state index is -0.442. The average molecular weight is 517 g/mol. The Balaban J connectivity index is 0.00000289. The van der Waals surface area contributed by atoms with Gasteiger partial charge in [-0.15, -0.1) is 33.9 Å². The van der Waals surface area contributed by atoms with Gasteiger partial charge in [0.05, 0.1) is 37.3 Å². The fourth-order valence-corrected chi connectivity index (χ4v) is 5.14. The number of nitrogens with one attached hydrogen (secondary N) is 1. The van der Waals surface area contributed by atoms with E-state index in [9.17, 15) is 9.59 Å². The Morgan fingerprint density at radius 2 is 1.94 bits per heavy atom. The summed E-state index contributed by atoms with van der Waals surface area (Å²) in [5, 5.41) is 9.32. The minimum Gasteiger partial charge on any atom is -0.462 e. The zero-order valence-electron chi connectivity index (χ0n) is 19.3. The van der Waals surface area contributed by atoms with Gasteiger partial charge in [0.1, 0.15) is 21.4 Å². The normalized spacial score (nSPS) is 13.6. The molecule has 4 heterocycles. The van der Waals surface area contributed by atoms with Gasteiger partial charge >= 0.3 is 5.97 Å². The largest absolute Gasteiger partial charge is 0.462 e. The van der Waals surface area contributed by atoms with Crippen LogP contribution in [0, 0.1) is 6.92 Å². The van der Waals surface area contributed by atoms with E-state index in [2.05, 4.69) is 25.1 Å². The Hall–Kier alpha value is -3.28. The monoisotopic (exact) mass is 516 g/mol. The maximum atomic E-state index is 12.9. The number of benzene rings is 1. The molecule has 12 heteroatoms. The van der Waals surface area contributed by atoms with Crippen molar-refractivity contribution >= 4 is 45.9 Å². The third-order valence-corrected chi connectivity index (χ3v) is 6.82. The third-order valence-electron chi connectivity index (χ3n) is 5.66. The summed E-state index contributed by atoms with van der Waals surface area (Å²) < 4.78 is 12.6. The zero-order valence-corrected chi connectivity index (χ0v) is 20.9. The Morgan fingerprint density at radius 3 is 2.66 bits per heavy atom. The van der Waals surface area contributed by atoms with Crippen LogP contribution in [-0.4, -0.2) is 63.6 Å². The number of aromatic amines is 1. The number of nitrogens with zero attached hydrogens (tertiary/aromatic N) is 5. The minimum absolute atomic E-state index is 0. The SMILES string of the molecule is CCOC(=O)c1sc2nc(Cc3nnc(N4CCOCC4)n3-c3ccccc3)[nH]c(=O)c2c1C.Cl. The Morgan fingerprint density at radius 1 is 1.20 bits per heavy atom. The molecule has 0 unspecified atom stereocenters. The van der Waals surface area contributed by atoms with Crippen molar-refractivity contribution in [2.24, 2.45) is 0 Å². The van der Waals surface area contributed by atoms with Crippen LogP contribution in [0.5, 0.6) is 0 Å². The summed E-state index contributed by atoms with van der Waals surface area (Å²) in [5.74, 6) is 1.38. The molecule has 0 bridgehead atoms. The second kappa shape index (κ2) is 10.5.